The van der Waals surface area contributed by atoms with Crippen LogP contribution in [0.25, 0.3) is 0 Å². The minimum Gasteiger partial charge on any atom is -0.457 e. The molecular weight excluding hydrogens is 374 g/mol. The van der Waals surface area contributed by atoms with E-state index in [0.717, 1.165) is 28.7 Å². The molecule has 146 valence electrons. The lowest BCUT2D eigenvalue weighted by Crippen LogP contribution is -2.20. The minimum atomic E-state index is 0.393. The highest BCUT2D eigenvalue weighted by Gasteiger charge is 2.35. The van der Waals surface area contributed by atoms with E-state index in [0.29, 0.717) is 17.3 Å². The minimum absolute atomic E-state index is 0.393. The van der Waals surface area contributed by atoms with E-state index in [2.05, 4.69) is 16.5 Å². The first-order valence-corrected chi connectivity index (χ1v) is 9.50. The Morgan fingerprint density at radius 3 is 2.00 bits per heavy atom. The van der Waals surface area contributed by atoms with Crippen LogP contribution in [0.15, 0.2) is 104 Å². The lowest BCUT2D eigenvalue weighted by molar-refractivity contribution is 0.483. The van der Waals surface area contributed by atoms with E-state index in [4.69, 9.17) is 10.5 Å². The third kappa shape index (κ3) is 3.00. The SMILES string of the molecule is C=C1N(c2ccccc2)c2ncnc(N)c2N1c1ccc(Oc2ccccc2)cc1. The summed E-state index contributed by atoms with van der Waals surface area (Å²) in [5, 5.41) is 0. The van der Waals surface area contributed by atoms with Crippen LogP contribution in [0, 0.1) is 0 Å². The summed E-state index contributed by atoms with van der Waals surface area (Å²) in [6.45, 7) is 4.31. The first-order valence-electron chi connectivity index (χ1n) is 9.50. The van der Waals surface area contributed by atoms with Gasteiger partial charge in [-0.05, 0) is 48.5 Å². The maximum absolute atomic E-state index is 6.25. The smallest absolute Gasteiger partial charge is 0.168 e. The number of anilines is 5. The molecule has 2 heterocycles. The van der Waals surface area contributed by atoms with E-state index in [-0.39, 0.29) is 0 Å². The number of ether oxygens (including phenoxy) is 1. The Bertz CT molecular complexity index is 1190. The monoisotopic (exact) mass is 393 g/mol. The van der Waals surface area contributed by atoms with Gasteiger partial charge in [-0.3, -0.25) is 9.80 Å². The van der Waals surface area contributed by atoms with Crippen LogP contribution in [-0.2, 0) is 0 Å². The van der Waals surface area contributed by atoms with E-state index < -0.39 is 0 Å². The fourth-order valence-corrected chi connectivity index (χ4v) is 3.53. The molecule has 0 bridgehead atoms. The molecular formula is C24H19N5O. The van der Waals surface area contributed by atoms with Crippen LogP contribution in [-0.4, -0.2) is 9.97 Å². The van der Waals surface area contributed by atoms with Crippen LogP contribution >= 0.6 is 0 Å². The Morgan fingerprint density at radius 2 is 1.30 bits per heavy atom. The molecule has 0 saturated carbocycles. The van der Waals surface area contributed by atoms with Gasteiger partial charge in [0.1, 0.15) is 29.3 Å². The van der Waals surface area contributed by atoms with Gasteiger partial charge >= 0.3 is 0 Å². The van der Waals surface area contributed by atoms with Crippen molar-refractivity contribution < 1.29 is 4.74 Å². The zero-order valence-electron chi connectivity index (χ0n) is 16.1. The van der Waals surface area contributed by atoms with Gasteiger partial charge in [0.05, 0.1) is 0 Å². The number of nitrogen functional groups attached to an aromatic ring is 1. The molecule has 1 aliphatic rings. The van der Waals surface area contributed by atoms with Gasteiger partial charge in [0.25, 0.3) is 0 Å². The molecule has 0 fully saturated rings. The highest BCUT2D eigenvalue weighted by atomic mass is 16.5. The van der Waals surface area contributed by atoms with Crippen LogP contribution in [0.5, 0.6) is 11.5 Å². The van der Waals surface area contributed by atoms with Crippen molar-refractivity contribution in [2.75, 3.05) is 15.5 Å². The molecule has 0 unspecified atom stereocenters. The summed E-state index contributed by atoms with van der Waals surface area (Å²) in [5.41, 5.74) is 8.80. The normalized spacial score (nSPS) is 12.7. The summed E-state index contributed by atoms with van der Waals surface area (Å²) < 4.78 is 5.91. The highest BCUT2D eigenvalue weighted by Crippen LogP contribution is 2.49. The largest absolute Gasteiger partial charge is 0.457 e. The molecule has 6 nitrogen and oxygen atoms in total. The summed E-state index contributed by atoms with van der Waals surface area (Å²) in [6.07, 6.45) is 1.47. The first kappa shape index (κ1) is 17.8. The summed E-state index contributed by atoms with van der Waals surface area (Å²) in [4.78, 5) is 12.6. The third-order valence-corrected chi connectivity index (χ3v) is 4.87. The van der Waals surface area contributed by atoms with Crippen LogP contribution in [0.4, 0.5) is 28.7 Å². The number of hydrogen-bond donors (Lipinski definition) is 1. The molecule has 30 heavy (non-hydrogen) atoms. The van der Waals surface area contributed by atoms with Crippen molar-refractivity contribution in [3.05, 3.63) is 104 Å². The van der Waals surface area contributed by atoms with Gasteiger partial charge in [-0.1, -0.05) is 43.0 Å². The molecule has 5 rings (SSSR count). The lowest BCUT2D eigenvalue weighted by atomic mass is 10.2. The number of nitrogens with two attached hydrogens (primary N) is 1. The number of nitrogens with zero attached hydrogens (tertiary/aromatic N) is 4. The van der Waals surface area contributed by atoms with Crippen molar-refractivity contribution in [3.63, 3.8) is 0 Å². The summed E-state index contributed by atoms with van der Waals surface area (Å²) in [7, 11) is 0. The van der Waals surface area contributed by atoms with Crippen molar-refractivity contribution in [2.45, 2.75) is 0 Å². The second kappa shape index (κ2) is 7.25. The van der Waals surface area contributed by atoms with Gasteiger partial charge in [0.15, 0.2) is 11.6 Å². The Hall–Kier alpha value is -4.32. The molecule has 4 aromatic rings. The number of para-hydroxylation sites is 2. The molecule has 0 radical (unpaired) electrons. The fourth-order valence-electron chi connectivity index (χ4n) is 3.53. The number of hydrogen-bond acceptors (Lipinski definition) is 6. The zero-order chi connectivity index (χ0) is 20.5. The van der Waals surface area contributed by atoms with E-state index in [1.165, 1.54) is 6.33 Å². The number of rotatable bonds is 4. The van der Waals surface area contributed by atoms with Crippen LogP contribution in [0.2, 0.25) is 0 Å². The molecule has 1 aliphatic heterocycles. The average molecular weight is 393 g/mol. The molecule has 2 N–H and O–H groups in total. The fraction of sp³-hybridized carbons (Fsp3) is 0. The molecule has 0 spiro atoms. The Morgan fingerprint density at radius 1 is 0.700 bits per heavy atom. The van der Waals surface area contributed by atoms with Gasteiger partial charge < -0.3 is 10.5 Å². The predicted octanol–water partition coefficient (Wildman–Crippen LogP) is 5.61. The van der Waals surface area contributed by atoms with E-state index >= 15 is 0 Å². The van der Waals surface area contributed by atoms with Gasteiger partial charge in [-0.15, -0.1) is 0 Å². The van der Waals surface area contributed by atoms with E-state index in [9.17, 15) is 0 Å². The number of fused-ring (bicyclic) bond motifs is 1. The van der Waals surface area contributed by atoms with Crippen molar-refractivity contribution in [1.82, 2.24) is 9.97 Å². The quantitative estimate of drug-likeness (QED) is 0.486. The Kier molecular flexibility index (Phi) is 4.29. The van der Waals surface area contributed by atoms with Gasteiger partial charge in [0, 0.05) is 11.4 Å². The maximum Gasteiger partial charge on any atom is 0.168 e. The van der Waals surface area contributed by atoms with Crippen molar-refractivity contribution in [1.29, 1.82) is 0 Å². The van der Waals surface area contributed by atoms with Crippen LogP contribution in [0.3, 0.4) is 0 Å². The molecule has 0 atom stereocenters. The molecule has 3 aromatic carbocycles. The van der Waals surface area contributed by atoms with E-state index in [1.807, 2.05) is 94.7 Å². The summed E-state index contributed by atoms with van der Waals surface area (Å²) in [5.74, 6) is 3.34. The maximum atomic E-state index is 6.25. The lowest BCUT2D eigenvalue weighted by Gasteiger charge is -2.24. The molecule has 0 aliphatic carbocycles. The second-order valence-electron chi connectivity index (χ2n) is 6.76. The van der Waals surface area contributed by atoms with Gasteiger partial charge in [0.2, 0.25) is 0 Å². The molecule has 1 aromatic heterocycles. The Labute approximate surface area is 174 Å². The topological polar surface area (TPSA) is 67.5 Å². The van der Waals surface area contributed by atoms with Crippen molar-refractivity contribution in [2.24, 2.45) is 0 Å². The summed E-state index contributed by atoms with van der Waals surface area (Å²) in [6, 6.07) is 27.4. The molecule has 0 saturated heterocycles. The number of aromatic nitrogens is 2. The zero-order valence-corrected chi connectivity index (χ0v) is 16.1. The van der Waals surface area contributed by atoms with Gasteiger partial charge in [-0.25, -0.2) is 9.97 Å². The average Bonchev–Trinajstić information content (AvgIpc) is 3.09. The predicted molar refractivity (Wildman–Crippen MR) is 119 cm³/mol. The molecule has 6 heteroatoms. The standard InChI is InChI=1S/C24H19N5O/c1-17-28(19-12-14-21(15-13-19)30-20-10-6-3-7-11-20)22-23(25)26-16-27-24(22)29(17)18-8-4-2-5-9-18/h2-16H,1H2,(H2,25,26,27). The van der Waals surface area contributed by atoms with Gasteiger partial charge in [-0.2, -0.15) is 0 Å². The Balaban J connectivity index is 1.52. The summed E-state index contributed by atoms with van der Waals surface area (Å²) >= 11 is 0. The highest BCUT2D eigenvalue weighted by molar-refractivity contribution is 5.95. The molecule has 0 amide bonds. The van der Waals surface area contributed by atoms with Crippen molar-refractivity contribution >= 4 is 28.7 Å². The third-order valence-electron chi connectivity index (χ3n) is 4.87. The van der Waals surface area contributed by atoms with Crippen molar-refractivity contribution in [3.8, 4) is 11.5 Å². The van der Waals surface area contributed by atoms with E-state index in [1.54, 1.807) is 0 Å². The first-order chi connectivity index (χ1) is 14.7. The van der Waals surface area contributed by atoms with Crippen LogP contribution < -0.4 is 20.3 Å². The van der Waals surface area contributed by atoms with Crippen LogP contribution in [0.1, 0.15) is 0 Å². The number of benzene rings is 3. The second-order valence-corrected chi connectivity index (χ2v) is 6.76.